The van der Waals surface area contributed by atoms with Crippen LogP contribution in [-0.4, -0.2) is 43.4 Å². The molecule has 1 fully saturated rings. The van der Waals surface area contributed by atoms with Crippen molar-refractivity contribution in [3.63, 3.8) is 0 Å². The first kappa shape index (κ1) is 17.2. The Balaban J connectivity index is 1.72. The summed E-state index contributed by atoms with van der Waals surface area (Å²) in [4.78, 5) is 12.6. The lowest BCUT2D eigenvalue weighted by Gasteiger charge is -2.20. The highest BCUT2D eigenvalue weighted by molar-refractivity contribution is 7.88. The van der Waals surface area contributed by atoms with Crippen LogP contribution in [0.3, 0.4) is 0 Å². The summed E-state index contributed by atoms with van der Waals surface area (Å²) >= 11 is 5.99. The van der Waals surface area contributed by atoms with E-state index >= 15 is 0 Å². The zero-order valence-electron chi connectivity index (χ0n) is 13.2. The Labute approximate surface area is 145 Å². The van der Waals surface area contributed by atoms with Gasteiger partial charge in [0.2, 0.25) is 10.0 Å². The number of carbonyl (C=O) groups is 1. The zero-order chi connectivity index (χ0) is 17.3. The second-order valence-electron chi connectivity index (χ2n) is 6.15. The molecule has 9 heteroatoms. The van der Waals surface area contributed by atoms with Crippen molar-refractivity contribution in [2.45, 2.75) is 25.3 Å². The Morgan fingerprint density at radius 3 is 2.96 bits per heavy atom. The van der Waals surface area contributed by atoms with Gasteiger partial charge in [-0.1, -0.05) is 18.0 Å². The number of aromatic amines is 1. The molecule has 0 aliphatic heterocycles. The smallest absolute Gasteiger partial charge is 0.272 e. The third-order valence-corrected chi connectivity index (χ3v) is 5.25. The highest BCUT2D eigenvalue weighted by atomic mass is 35.5. The summed E-state index contributed by atoms with van der Waals surface area (Å²) in [5.41, 5.74) is 1.04. The lowest BCUT2D eigenvalue weighted by atomic mass is 10.0. The van der Waals surface area contributed by atoms with Crippen molar-refractivity contribution in [1.82, 2.24) is 20.2 Å². The molecule has 0 saturated heterocycles. The van der Waals surface area contributed by atoms with E-state index in [4.69, 9.17) is 11.6 Å². The standard InChI is InChI=1S/C15H19ClN4O3S/c1-24(22,23)17-8-9-3-2-4-12(9)18-15(21)14-11-7-10(16)5-6-13(11)19-20-14/h5-7,9,12,17H,2-4,8H2,1H3,(H,18,21)(H,19,20). The molecule has 3 N–H and O–H groups in total. The molecule has 0 radical (unpaired) electrons. The third kappa shape index (κ3) is 3.88. The number of nitrogens with zero attached hydrogens (tertiary/aromatic N) is 1. The van der Waals surface area contributed by atoms with Gasteiger partial charge in [0.25, 0.3) is 5.91 Å². The number of rotatable bonds is 5. The van der Waals surface area contributed by atoms with Crippen LogP contribution in [-0.2, 0) is 10.0 Å². The minimum absolute atomic E-state index is 0.0716. The van der Waals surface area contributed by atoms with E-state index in [0.29, 0.717) is 22.6 Å². The average Bonchev–Trinajstić information content (AvgIpc) is 3.10. The minimum atomic E-state index is -3.23. The molecule has 2 unspecified atom stereocenters. The predicted octanol–water partition coefficient (Wildman–Crippen LogP) is 1.66. The molecule has 7 nitrogen and oxygen atoms in total. The van der Waals surface area contributed by atoms with Gasteiger partial charge in [0.15, 0.2) is 5.69 Å². The van der Waals surface area contributed by atoms with Crippen molar-refractivity contribution in [3.8, 4) is 0 Å². The van der Waals surface area contributed by atoms with Crippen molar-refractivity contribution in [1.29, 1.82) is 0 Å². The van der Waals surface area contributed by atoms with Crippen LogP contribution < -0.4 is 10.0 Å². The van der Waals surface area contributed by atoms with E-state index in [-0.39, 0.29) is 17.9 Å². The SMILES string of the molecule is CS(=O)(=O)NCC1CCCC1NC(=O)c1n[nH]c2ccc(Cl)cc12. The van der Waals surface area contributed by atoms with Crippen molar-refractivity contribution in [3.05, 3.63) is 28.9 Å². The average molecular weight is 371 g/mol. The fraction of sp³-hybridized carbons (Fsp3) is 0.467. The number of fused-ring (bicyclic) bond motifs is 1. The second-order valence-corrected chi connectivity index (χ2v) is 8.42. The molecular weight excluding hydrogens is 352 g/mol. The second kappa shape index (κ2) is 6.70. The summed E-state index contributed by atoms with van der Waals surface area (Å²) in [7, 11) is -3.23. The summed E-state index contributed by atoms with van der Waals surface area (Å²) in [6, 6.07) is 5.13. The summed E-state index contributed by atoms with van der Waals surface area (Å²) in [5, 5.41) is 11.1. The maximum atomic E-state index is 12.6. The first-order chi connectivity index (χ1) is 11.3. The van der Waals surface area contributed by atoms with Gasteiger partial charge in [-0.25, -0.2) is 13.1 Å². The van der Waals surface area contributed by atoms with Crippen LogP contribution in [0.25, 0.3) is 10.9 Å². The number of nitrogens with one attached hydrogen (secondary N) is 3. The maximum Gasteiger partial charge on any atom is 0.272 e. The number of sulfonamides is 1. The van der Waals surface area contributed by atoms with E-state index in [9.17, 15) is 13.2 Å². The summed E-state index contributed by atoms with van der Waals surface area (Å²) < 4.78 is 25.0. The molecule has 24 heavy (non-hydrogen) atoms. The number of hydrogen-bond donors (Lipinski definition) is 3. The lowest BCUT2D eigenvalue weighted by molar-refractivity contribution is 0.0925. The third-order valence-electron chi connectivity index (χ3n) is 4.32. The maximum absolute atomic E-state index is 12.6. The lowest BCUT2D eigenvalue weighted by Crippen LogP contribution is -2.42. The number of aromatic nitrogens is 2. The number of amides is 1. The van der Waals surface area contributed by atoms with Gasteiger partial charge in [0.05, 0.1) is 11.8 Å². The van der Waals surface area contributed by atoms with Crippen LogP contribution in [0.2, 0.25) is 5.02 Å². The molecule has 1 heterocycles. The Bertz CT molecular complexity index is 865. The molecule has 130 valence electrons. The van der Waals surface area contributed by atoms with Gasteiger partial charge in [0, 0.05) is 23.0 Å². The Morgan fingerprint density at radius 1 is 1.42 bits per heavy atom. The first-order valence-electron chi connectivity index (χ1n) is 7.72. The van der Waals surface area contributed by atoms with Crippen LogP contribution in [0.15, 0.2) is 18.2 Å². The fourth-order valence-corrected chi connectivity index (χ4v) is 3.81. The van der Waals surface area contributed by atoms with Gasteiger partial charge in [-0.05, 0) is 37.0 Å². The summed E-state index contributed by atoms with van der Waals surface area (Å²) in [6.45, 7) is 0.330. The molecule has 0 spiro atoms. The van der Waals surface area contributed by atoms with Crippen LogP contribution >= 0.6 is 11.6 Å². The highest BCUT2D eigenvalue weighted by Crippen LogP contribution is 2.26. The first-order valence-corrected chi connectivity index (χ1v) is 9.99. The molecule has 1 amide bonds. The van der Waals surface area contributed by atoms with Crippen molar-refractivity contribution < 1.29 is 13.2 Å². The Hall–Kier alpha value is -1.64. The van der Waals surface area contributed by atoms with Crippen molar-refractivity contribution >= 4 is 38.4 Å². The molecule has 2 aromatic rings. The largest absolute Gasteiger partial charge is 0.348 e. The molecule has 3 rings (SSSR count). The van der Waals surface area contributed by atoms with Gasteiger partial charge in [-0.2, -0.15) is 5.10 Å². The summed E-state index contributed by atoms with van der Waals surface area (Å²) in [6.07, 6.45) is 3.79. The normalized spacial score (nSPS) is 21.2. The van der Waals surface area contributed by atoms with Crippen LogP contribution in [0.1, 0.15) is 29.8 Å². The van der Waals surface area contributed by atoms with E-state index in [0.717, 1.165) is 31.0 Å². The van der Waals surface area contributed by atoms with Gasteiger partial charge in [0.1, 0.15) is 0 Å². The van der Waals surface area contributed by atoms with E-state index in [1.165, 1.54) is 0 Å². The zero-order valence-corrected chi connectivity index (χ0v) is 14.7. The number of halogens is 1. The number of benzene rings is 1. The van der Waals surface area contributed by atoms with Gasteiger partial charge in [-0.3, -0.25) is 9.89 Å². The van der Waals surface area contributed by atoms with Crippen molar-refractivity contribution in [2.24, 2.45) is 5.92 Å². The van der Waals surface area contributed by atoms with Gasteiger partial charge >= 0.3 is 0 Å². The van der Waals surface area contributed by atoms with E-state index in [1.54, 1.807) is 18.2 Å². The number of H-pyrrole nitrogens is 1. The number of hydrogen-bond acceptors (Lipinski definition) is 4. The van der Waals surface area contributed by atoms with Crippen LogP contribution in [0.5, 0.6) is 0 Å². The van der Waals surface area contributed by atoms with Gasteiger partial charge in [-0.15, -0.1) is 0 Å². The fourth-order valence-electron chi connectivity index (χ4n) is 3.13. The van der Waals surface area contributed by atoms with Crippen molar-refractivity contribution in [2.75, 3.05) is 12.8 Å². The number of carbonyl (C=O) groups excluding carboxylic acids is 1. The molecule has 1 aromatic carbocycles. The summed E-state index contributed by atoms with van der Waals surface area (Å²) in [5.74, 6) is -0.197. The quantitative estimate of drug-likeness (QED) is 0.744. The van der Waals surface area contributed by atoms with Crippen LogP contribution in [0.4, 0.5) is 0 Å². The molecule has 2 atom stereocenters. The van der Waals surface area contributed by atoms with Gasteiger partial charge < -0.3 is 5.32 Å². The molecule has 0 bridgehead atoms. The predicted molar refractivity (Wildman–Crippen MR) is 92.5 cm³/mol. The molecule has 1 aromatic heterocycles. The monoisotopic (exact) mass is 370 g/mol. The molecule has 1 aliphatic rings. The Kier molecular flexibility index (Phi) is 4.80. The van der Waals surface area contributed by atoms with E-state index in [1.807, 2.05) is 0 Å². The van der Waals surface area contributed by atoms with E-state index < -0.39 is 10.0 Å². The molecule has 1 saturated carbocycles. The topological polar surface area (TPSA) is 104 Å². The highest BCUT2D eigenvalue weighted by Gasteiger charge is 2.30. The Morgan fingerprint density at radius 2 is 2.21 bits per heavy atom. The molecular formula is C15H19ClN4O3S. The van der Waals surface area contributed by atoms with E-state index in [2.05, 4.69) is 20.2 Å². The molecule has 1 aliphatic carbocycles. The van der Waals surface area contributed by atoms with Crippen LogP contribution in [0, 0.1) is 5.92 Å². The minimum Gasteiger partial charge on any atom is -0.348 e.